The third-order valence-electron chi connectivity index (χ3n) is 5.58. The number of anilines is 1. The van der Waals surface area contributed by atoms with Gasteiger partial charge in [-0.15, -0.1) is 12.4 Å². The highest BCUT2D eigenvalue weighted by Gasteiger charge is 2.24. The highest BCUT2D eigenvalue weighted by molar-refractivity contribution is 6.05. The van der Waals surface area contributed by atoms with Crippen LogP contribution in [-0.2, 0) is 6.42 Å². The molecule has 0 unspecified atom stereocenters. The lowest BCUT2D eigenvalue weighted by molar-refractivity contribution is 0.0993. The van der Waals surface area contributed by atoms with Crippen molar-refractivity contribution in [3.05, 3.63) is 71.3 Å². The fraction of sp³-hybridized carbons (Fsp3) is 0.280. The van der Waals surface area contributed by atoms with E-state index in [1.165, 1.54) is 12.8 Å². The number of carbonyl (C=O) groups is 2. The first kappa shape index (κ1) is 21.8. The number of nitrogens with zero attached hydrogens (tertiary/aromatic N) is 1. The van der Waals surface area contributed by atoms with Crippen LogP contribution in [0.2, 0.25) is 0 Å². The molecule has 0 saturated heterocycles. The molecule has 0 aliphatic heterocycles. The zero-order valence-corrected chi connectivity index (χ0v) is 18.1. The van der Waals surface area contributed by atoms with E-state index in [9.17, 15) is 9.59 Å². The molecule has 4 nitrogen and oxygen atoms in total. The van der Waals surface area contributed by atoms with Gasteiger partial charge in [0.2, 0.25) is 0 Å². The predicted octanol–water partition coefficient (Wildman–Crippen LogP) is 5.35. The van der Waals surface area contributed by atoms with Gasteiger partial charge in [0.05, 0.1) is 7.11 Å². The molecule has 30 heavy (non-hydrogen) atoms. The minimum Gasteiger partial charge on any atom is -0.497 e. The monoisotopic (exact) mass is 423 g/mol. The molecule has 1 fully saturated rings. The molecule has 0 N–H and O–H groups in total. The summed E-state index contributed by atoms with van der Waals surface area (Å²) in [7, 11) is 3.77. The second kappa shape index (κ2) is 9.31. The molecule has 0 amide bonds. The van der Waals surface area contributed by atoms with Crippen molar-refractivity contribution >= 4 is 40.9 Å². The van der Waals surface area contributed by atoms with Crippen LogP contribution >= 0.6 is 12.4 Å². The van der Waals surface area contributed by atoms with Crippen molar-refractivity contribution in [2.24, 2.45) is 5.92 Å². The summed E-state index contributed by atoms with van der Waals surface area (Å²) in [6.07, 6.45) is 3.68. The number of carbonyl (C=O) groups excluding carboxylic acids is 2. The maximum absolute atomic E-state index is 13.0. The number of Topliss-reactive ketones (excluding diaryl/α,β-unsaturated/α-hetero) is 1. The zero-order valence-electron chi connectivity index (χ0n) is 17.3. The zero-order chi connectivity index (χ0) is 20.4. The Kier molecular flexibility index (Phi) is 6.78. The van der Waals surface area contributed by atoms with E-state index in [1.807, 2.05) is 42.5 Å². The number of halogens is 1. The van der Waals surface area contributed by atoms with Crippen molar-refractivity contribution in [3.8, 4) is 5.75 Å². The lowest BCUT2D eigenvalue weighted by atomic mass is 9.97. The molecule has 156 valence electrons. The number of fused-ring (bicyclic) bond motifs is 1. The quantitative estimate of drug-likeness (QED) is 0.361. The molecular formula is C25H26ClNO3. The Balaban J connectivity index is 0.00000256. The van der Waals surface area contributed by atoms with Crippen molar-refractivity contribution in [1.29, 1.82) is 0 Å². The largest absolute Gasteiger partial charge is 0.497 e. The van der Waals surface area contributed by atoms with E-state index < -0.39 is 0 Å². The molecule has 0 aromatic heterocycles. The fourth-order valence-corrected chi connectivity index (χ4v) is 3.71. The summed E-state index contributed by atoms with van der Waals surface area (Å²) < 4.78 is 5.42. The molecule has 0 radical (unpaired) electrons. The topological polar surface area (TPSA) is 46.6 Å². The van der Waals surface area contributed by atoms with Crippen LogP contribution in [-0.4, -0.2) is 32.8 Å². The van der Waals surface area contributed by atoms with Crippen molar-refractivity contribution in [2.75, 3.05) is 25.6 Å². The first-order chi connectivity index (χ1) is 14.1. The summed E-state index contributed by atoms with van der Waals surface area (Å²) in [4.78, 5) is 26.1. The molecule has 1 aliphatic rings. The number of hydrogen-bond donors (Lipinski definition) is 0. The maximum Gasteiger partial charge on any atom is 0.167 e. The van der Waals surface area contributed by atoms with Gasteiger partial charge in [-0.05, 0) is 54.0 Å². The Morgan fingerprint density at radius 1 is 1.10 bits per heavy atom. The van der Waals surface area contributed by atoms with Gasteiger partial charge in [-0.2, -0.15) is 0 Å². The fourth-order valence-electron chi connectivity index (χ4n) is 3.71. The van der Waals surface area contributed by atoms with Crippen LogP contribution in [0.25, 0.3) is 10.8 Å². The van der Waals surface area contributed by atoms with Crippen molar-refractivity contribution < 1.29 is 14.3 Å². The molecule has 1 saturated carbocycles. The number of hydrogen-bond acceptors (Lipinski definition) is 4. The number of rotatable bonds is 8. The van der Waals surface area contributed by atoms with Gasteiger partial charge in [0.15, 0.2) is 5.78 Å². The molecule has 0 atom stereocenters. The van der Waals surface area contributed by atoms with Gasteiger partial charge in [0.25, 0.3) is 0 Å². The van der Waals surface area contributed by atoms with Gasteiger partial charge >= 0.3 is 0 Å². The normalized spacial score (nSPS) is 12.9. The summed E-state index contributed by atoms with van der Waals surface area (Å²) in [5.74, 6) is 1.63. The van der Waals surface area contributed by atoms with Crippen LogP contribution in [0.4, 0.5) is 5.69 Å². The SMILES string of the molecule is COc1ccc2cc(C(=O)Cc3ccc(C=O)cc3)cc(N(C)CC3CC3)c2c1.Cl. The van der Waals surface area contributed by atoms with Crippen LogP contribution < -0.4 is 9.64 Å². The number of ether oxygens (including phenoxy) is 1. The van der Waals surface area contributed by atoms with Crippen LogP contribution in [0.1, 0.15) is 39.1 Å². The number of ketones is 1. The van der Waals surface area contributed by atoms with Crippen molar-refractivity contribution in [3.63, 3.8) is 0 Å². The Hall–Kier alpha value is -2.85. The average Bonchev–Trinajstić information content (AvgIpc) is 3.56. The Bertz CT molecular complexity index is 1060. The summed E-state index contributed by atoms with van der Waals surface area (Å²) in [6.45, 7) is 0.997. The van der Waals surface area contributed by atoms with Gasteiger partial charge in [-0.25, -0.2) is 0 Å². The molecule has 3 aromatic rings. The van der Waals surface area contributed by atoms with Gasteiger partial charge in [-0.3, -0.25) is 9.59 Å². The van der Waals surface area contributed by atoms with Gasteiger partial charge in [0, 0.05) is 42.2 Å². The average molecular weight is 424 g/mol. The van der Waals surface area contributed by atoms with E-state index in [4.69, 9.17) is 4.74 Å². The van der Waals surface area contributed by atoms with Crippen molar-refractivity contribution in [2.45, 2.75) is 19.3 Å². The minimum atomic E-state index is 0. The maximum atomic E-state index is 13.0. The number of methoxy groups -OCH3 is 1. The third kappa shape index (κ3) is 4.82. The molecule has 3 aromatic carbocycles. The van der Waals surface area contributed by atoms with E-state index in [2.05, 4.69) is 11.9 Å². The van der Waals surface area contributed by atoms with E-state index >= 15 is 0 Å². The van der Waals surface area contributed by atoms with Gasteiger partial charge < -0.3 is 9.64 Å². The highest BCUT2D eigenvalue weighted by atomic mass is 35.5. The first-order valence-corrected chi connectivity index (χ1v) is 9.97. The van der Waals surface area contributed by atoms with Gasteiger partial charge in [0.1, 0.15) is 12.0 Å². The Labute approximate surface area is 183 Å². The molecule has 0 bridgehead atoms. The lowest BCUT2D eigenvalue weighted by Gasteiger charge is -2.22. The smallest absolute Gasteiger partial charge is 0.167 e. The standard InChI is InChI=1S/C25H25NO3.ClH/c1-26(15-18-5-6-18)24-13-21(12-20-9-10-22(29-2)14-23(20)24)25(28)11-17-3-7-19(16-27)8-4-17;/h3-4,7-10,12-14,16,18H,5-6,11,15H2,1-2H3;1H. The second-order valence-electron chi connectivity index (χ2n) is 7.87. The molecule has 0 heterocycles. The molecule has 0 spiro atoms. The summed E-state index contributed by atoms with van der Waals surface area (Å²) in [5, 5.41) is 2.13. The molecule has 5 heteroatoms. The summed E-state index contributed by atoms with van der Waals surface area (Å²) in [6, 6.07) is 17.1. The Morgan fingerprint density at radius 3 is 2.47 bits per heavy atom. The second-order valence-corrected chi connectivity index (χ2v) is 7.87. The highest BCUT2D eigenvalue weighted by Crippen LogP contribution is 2.35. The van der Waals surface area contributed by atoms with E-state index in [1.54, 1.807) is 19.2 Å². The van der Waals surface area contributed by atoms with Crippen LogP contribution in [0.15, 0.2) is 54.6 Å². The molecule has 1 aliphatic carbocycles. The number of benzene rings is 3. The van der Waals surface area contributed by atoms with Crippen molar-refractivity contribution in [1.82, 2.24) is 0 Å². The lowest BCUT2D eigenvalue weighted by Crippen LogP contribution is -2.20. The van der Waals surface area contributed by atoms with Crippen LogP contribution in [0.5, 0.6) is 5.75 Å². The minimum absolute atomic E-state index is 0. The molecule has 4 rings (SSSR count). The molecular weight excluding hydrogens is 398 g/mol. The third-order valence-corrected chi connectivity index (χ3v) is 5.58. The van der Waals surface area contributed by atoms with Crippen LogP contribution in [0.3, 0.4) is 0 Å². The van der Waals surface area contributed by atoms with E-state index in [0.29, 0.717) is 17.5 Å². The van der Waals surface area contributed by atoms with Crippen LogP contribution in [0, 0.1) is 5.92 Å². The summed E-state index contributed by atoms with van der Waals surface area (Å²) in [5.41, 5.74) is 3.29. The van der Waals surface area contributed by atoms with Gasteiger partial charge in [-0.1, -0.05) is 30.3 Å². The van der Waals surface area contributed by atoms with E-state index in [0.717, 1.165) is 46.5 Å². The van der Waals surface area contributed by atoms with E-state index in [-0.39, 0.29) is 18.2 Å². The Morgan fingerprint density at radius 2 is 1.83 bits per heavy atom. The first-order valence-electron chi connectivity index (χ1n) is 9.97. The predicted molar refractivity (Wildman–Crippen MR) is 124 cm³/mol. The number of aldehydes is 1. The summed E-state index contributed by atoms with van der Waals surface area (Å²) >= 11 is 0.